The van der Waals surface area contributed by atoms with Gasteiger partial charge in [-0.15, -0.1) is 0 Å². The average molecular weight is 415 g/mol. The number of ether oxygens (including phenoxy) is 2. The van der Waals surface area contributed by atoms with Gasteiger partial charge in [-0.1, -0.05) is 57.2 Å². The van der Waals surface area contributed by atoms with Gasteiger partial charge >= 0.3 is 0 Å². The summed E-state index contributed by atoms with van der Waals surface area (Å²) in [4.78, 5) is 0. The number of benzene rings is 2. The Morgan fingerprint density at radius 3 is 1.66 bits per heavy atom. The first-order chi connectivity index (χ1) is 13.6. The first-order valence-corrected chi connectivity index (χ1v) is 12.8. The smallest absolute Gasteiger partial charge is 0.193 e. The normalized spacial score (nSPS) is 14.6. The van der Waals surface area contributed by atoms with Gasteiger partial charge in [0, 0.05) is 0 Å². The molecule has 158 valence electrons. The van der Waals surface area contributed by atoms with Crippen LogP contribution in [0.25, 0.3) is 0 Å². The highest BCUT2D eigenvalue weighted by Gasteiger charge is 2.39. The maximum absolute atomic E-state index is 10.6. The summed E-state index contributed by atoms with van der Waals surface area (Å²) in [5, 5.41) is 10.7. The lowest BCUT2D eigenvalue weighted by molar-refractivity contribution is 0.213. The van der Waals surface area contributed by atoms with Crippen molar-refractivity contribution < 1.29 is 19.0 Å². The first-order valence-electron chi connectivity index (χ1n) is 9.89. The van der Waals surface area contributed by atoms with Crippen LogP contribution >= 0.6 is 0 Å². The van der Waals surface area contributed by atoms with Gasteiger partial charge in [0.2, 0.25) is 0 Å². The van der Waals surface area contributed by atoms with E-state index in [-0.39, 0.29) is 11.1 Å². The van der Waals surface area contributed by atoms with Gasteiger partial charge in [0.1, 0.15) is 11.5 Å². The number of aliphatic hydroxyl groups is 1. The Hall–Kier alpha value is -2.08. The fraction of sp³-hybridized carbons (Fsp3) is 0.417. The van der Waals surface area contributed by atoms with E-state index in [1.54, 1.807) is 20.3 Å². The van der Waals surface area contributed by atoms with Gasteiger partial charge in [-0.25, -0.2) is 0 Å². The van der Waals surface area contributed by atoms with E-state index in [0.29, 0.717) is 0 Å². The van der Waals surface area contributed by atoms with Gasteiger partial charge in [-0.2, -0.15) is 0 Å². The molecule has 4 nitrogen and oxygen atoms in total. The molecule has 2 rings (SSSR count). The zero-order valence-electron chi connectivity index (χ0n) is 18.6. The molecule has 0 fully saturated rings. The van der Waals surface area contributed by atoms with Gasteiger partial charge in [0.25, 0.3) is 0 Å². The van der Waals surface area contributed by atoms with Crippen LogP contribution < -0.4 is 9.47 Å². The van der Waals surface area contributed by atoms with Gasteiger partial charge in [0.05, 0.1) is 26.4 Å². The van der Waals surface area contributed by atoms with E-state index in [2.05, 4.69) is 33.9 Å². The summed E-state index contributed by atoms with van der Waals surface area (Å²) in [6, 6.07) is 15.3. The molecule has 0 aliphatic rings. The summed E-state index contributed by atoms with van der Waals surface area (Å²) in [6.45, 7) is 11.1. The van der Waals surface area contributed by atoms with Crippen LogP contribution in [0.2, 0.25) is 18.1 Å². The molecule has 0 saturated heterocycles. The third-order valence-electron chi connectivity index (χ3n) is 5.60. The van der Waals surface area contributed by atoms with Crippen LogP contribution in [0.5, 0.6) is 11.5 Å². The van der Waals surface area contributed by atoms with Gasteiger partial charge in [-0.3, -0.25) is 0 Å². The monoisotopic (exact) mass is 414 g/mol. The average Bonchev–Trinajstić information content (AvgIpc) is 2.70. The maximum atomic E-state index is 10.6. The van der Waals surface area contributed by atoms with Crippen molar-refractivity contribution in [3.63, 3.8) is 0 Å². The largest absolute Gasteiger partial charge is 0.497 e. The summed E-state index contributed by atoms with van der Waals surface area (Å²) in [7, 11) is 1.27. The summed E-state index contributed by atoms with van der Waals surface area (Å²) >= 11 is 0. The summed E-state index contributed by atoms with van der Waals surface area (Å²) in [5.41, 5.74) is 1.84. The van der Waals surface area contributed by atoms with Gasteiger partial charge in [0.15, 0.2) is 8.32 Å². The highest BCUT2D eigenvalue weighted by molar-refractivity contribution is 6.74. The Labute approximate surface area is 176 Å². The molecule has 0 radical (unpaired) electrons. The number of methoxy groups -OCH3 is 2. The van der Waals surface area contributed by atoms with Crippen molar-refractivity contribution in [2.45, 2.75) is 51.1 Å². The van der Waals surface area contributed by atoms with Gasteiger partial charge in [-0.05, 0) is 53.5 Å². The fourth-order valence-corrected chi connectivity index (χ4v) is 3.83. The van der Waals surface area contributed by atoms with Gasteiger partial charge < -0.3 is 19.0 Å². The highest BCUT2D eigenvalue weighted by atomic mass is 28.4. The molecule has 0 heterocycles. The summed E-state index contributed by atoms with van der Waals surface area (Å²) < 4.78 is 17.1. The van der Waals surface area contributed by atoms with E-state index in [1.807, 2.05) is 54.6 Å². The molecule has 2 aromatic carbocycles. The minimum Gasteiger partial charge on any atom is -0.497 e. The Morgan fingerprint density at radius 1 is 0.793 bits per heavy atom. The van der Waals surface area contributed by atoms with Crippen LogP contribution in [0.1, 0.15) is 44.1 Å². The highest BCUT2D eigenvalue weighted by Crippen LogP contribution is 2.40. The van der Waals surface area contributed by atoms with Crippen molar-refractivity contribution in [2.24, 2.45) is 0 Å². The molecule has 2 unspecified atom stereocenters. The Kier molecular flexibility index (Phi) is 7.69. The SMILES string of the molecule is COc1ccc(C(O)/C=C/C(O[Si](C)(C)C(C)(C)C)c2ccc(OC)cc2)cc1. The zero-order valence-corrected chi connectivity index (χ0v) is 19.6. The van der Waals surface area contributed by atoms with Crippen LogP contribution in [-0.4, -0.2) is 27.6 Å². The Balaban J connectivity index is 2.28. The summed E-state index contributed by atoms with van der Waals surface area (Å²) in [5.74, 6) is 1.57. The fourth-order valence-electron chi connectivity index (χ4n) is 2.62. The standard InChI is InChI=1S/C24H34O4Si/c1-24(2,3)29(6,7)28-23(19-10-14-21(27-5)15-11-19)17-16-22(25)18-8-12-20(26-4)13-9-18/h8-17,22-23,25H,1-7H3/b17-16+. The molecule has 29 heavy (non-hydrogen) atoms. The molecular formula is C24H34O4Si. The Morgan fingerprint density at radius 2 is 1.24 bits per heavy atom. The lowest BCUT2D eigenvalue weighted by Crippen LogP contribution is -2.41. The molecule has 0 aliphatic heterocycles. The minimum atomic E-state index is -2.02. The lowest BCUT2D eigenvalue weighted by Gasteiger charge is -2.38. The molecule has 2 aromatic rings. The predicted octanol–water partition coefficient (Wildman–Crippen LogP) is 6.06. The quantitative estimate of drug-likeness (QED) is 0.421. The first kappa shape index (κ1) is 23.2. The number of rotatable bonds is 8. The molecule has 0 spiro atoms. The second-order valence-corrected chi connectivity index (χ2v) is 13.4. The van der Waals surface area contributed by atoms with Crippen molar-refractivity contribution in [3.8, 4) is 11.5 Å². The van der Waals surface area contributed by atoms with Crippen LogP contribution in [0.15, 0.2) is 60.7 Å². The molecule has 0 aliphatic carbocycles. The molecular weight excluding hydrogens is 380 g/mol. The van der Waals surface area contributed by atoms with E-state index in [9.17, 15) is 5.11 Å². The molecule has 0 amide bonds. The number of hydrogen-bond acceptors (Lipinski definition) is 4. The van der Waals surface area contributed by atoms with Crippen molar-refractivity contribution in [1.29, 1.82) is 0 Å². The third-order valence-corrected chi connectivity index (χ3v) is 10.1. The zero-order chi connectivity index (χ0) is 21.7. The second-order valence-electron chi connectivity index (χ2n) is 8.67. The van der Waals surface area contributed by atoms with Crippen LogP contribution in [-0.2, 0) is 4.43 Å². The van der Waals surface area contributed by atoms with Crippen molar-refractivity contribution >= 4 is 8.32 Å². The number of aliphatic hydroxyl groups excluding tert-OH is 1. The Bertz CT molecular complexity index is 789. The molecule has 0 saturated carbocycles. The van der Waals surface area contributed by atoms with E-state index >= 15 is 0 Å². The molecule has 1 N–H and O–H groups in total. The van der Waals surface area contributed by atoms with Crippen molar-refractivity contribution in [3.05, 3.63) is 71.8 Å². The van der Waals surface area contributed by atoms with E-state index in [1.165, 1.54) is 0 Å². The topological polar surface area (TPSA) is 47.9 Å². The minimum absolute atomic E-state index is 0.0835. The van der Waals surface area contributed by atoms with E-state index in [0.717, 1.165) is 22.6 Å². The van der Waals surface area contributed by atoms with Crippen LogP contribution in [0, 0.1) is 0 Å². The van der Waals surface area contributed by atoms with Crippen molar-refractivity contribution in [1.82, 2.24) is 0 Å². The molecule has 0 bridgehead atoms. The summed E-state index contributed by atoms with van der Waals surface area (Å²) in [6.07, 6.45) is 2.79. The van der Waals surface area contributed by atoms with Crippen LogP contribution in [0.4, 0.5) is 0 Å². The molecule has 5 heteroatoms. The third kappa shape index (κ3) is 6.20. The van der Waals surface area contributed by atoms with Crippen molar-refractivity contribution in [2.75, 3.05) is 14.2 Å². The maximum Gasteiger partial charge on any atom is 0.193 e. The number of hydrogen-bond donors (Lipinski definition) is 1. The van der Waals surface area contributed by atoms with E-state index in [4.69, 9.17) is 13.9 Å². The van der Waals surface area contributed by atoms with Crippen LogP contribution in [0.3, 0.4) is 0 Å². The molecule has 0 aromatic heterocycles. The second kappa shape index (κ2) is 9.61. The predicted molar refractivity (Wildman–Crippen MR) is 121 cm³/mol. The van der Waals surface area contributed by atoms with E-state index < -0.39 is 14.4 Å². The molecule has 2 atom stereocenters. The lowest BCUT2D eigenvalue weighted by atomic mass is 10.1.